The van der Waals surface area contributed by atoms with Crippen LogP contribution in [-0.2, 0) is 9.59 Å². The van der Waals surface area contributed by atoms with Gasteiger partial charge in [-0.3, -0.25) is 9.59 Å². The lowest BCUT2D eigenvalue weighted by atomic mass is 9.81. The molecule has 6 nitrogen and oxygen atoms in total. The smallest absolute Gasteiger partial charge is 0.303 e. The second kappa shape index (κ2) is 10.1. The van der Waals surface area contributed by atoms with E-state index in [4.69, 9.17) is 9.84 Å². The van der Waals surface area contributed by atoms with Gasteiger partial charge in [0, 0.05) is 29.7 Å². The largest absolute Gasteiger partial charge is 0.506 e. The van der Waals surface area contributed by atoms with Crippen molar-refractivity contribution in [1.82, 2.24) is 0 Å². The predicted octanol–water partition coefficient (Wildman–Crippen LogP) is 5.27. The number of hydrogen-bond acceptors (Lipinski definition) is 4. The van der Waals surface area contributed by atoms with E-state index >= 15 is 0 Å². The molecule has 0 fully saturated rings. The number of allylic oxidation sites excluding steroid dienone is 10. The molecule has 0 aromatic heterocycles. The van der Waals surface area contributed by atoms with E-state index in [0.717, 1.165) is 22.4 Å². The first-order chi connectivity index (χ1) is 17.9. The summed E-state index contributed by atoms with van der Waals surface area (Å²) >= 11 is 0. The number of carboxylic acid groups (broad SMARTS) is 1. The molecule has 0 unspecified atom stereocenters. The van der Waals surface area contributed by atoms with E-state index in [1.165, 1.54) is 0 Å². The number of aliphatic carboxylic acids is 1. The van der Waals surface area contributed by atoms with Crippen LogP contribution < -0.4 is 4.74 Å². The van der Waals surface area contributed by atoms with Crippen molar-refractivity contribution in [2.75, 3.05) is 13.6 Å². The van der Waals surface area contributed by atoms with Crippen molar-refractivity contribution < 1.29 is 29.1 Å². The van der Waals surface area contributed by atoms with Gasteiger partial charge in [0.2, 0.25) is 5.78 Å². The molecule has 3 aliphatic rings. The standard InChI is InChI=1S/C31H25NO5/c1-32(17-7-12-28(33)34)23-15-13-21(14-16-23)29-30(35)25(31(29)36)18-22-19-27(20-8-3-2-4-9-20)37-26-11-6-5-10-24(22)26/h2-6,8-11,13-16,18-19H,7,12,17H2,1H3,(H-,33,34,35,36)/p+1/b22-18-. The van der Waals surface area contributed by atoms with E-state index in [2.05, 4.69) is 0 Å². The Bertz CT molecular complexity index is 1500. The number of carbonyl (C=O) groups is 2. The number of benzene rings is 2. The number of carbonyl (C=O) groups excluding carboxylic acids is 1. The quantitative estimate of drug-likeness (QED) is 0.424. The molecule has 2 N–H and O–H groups in total. The van der Waals surface area contributed by atoms with Crippen LogP contribution in [-0.4, -0.2) is 45.8 Å². The van der Waals surface area contributed by atoms with Crippen LogP contribution in [0.25, 0.3) is 11.3 Å². The van der Waals surface area contributed by atoms with E-state index in [1.54, 1.807) is 18.2 Å². The molecule has 0 spiro atoms. The number of hydrogen-bond donors (Lipinski definition) is 2. The zero-order valence-electron chi connectivity index (χ0n) is 20.3. The molecular weight excluding hydrogens is 466 g/mol. The minimum Gasteiger partial charge on any atom is -0.506 e. The maximum Gasteiger partial charge on any atom is 0.303 e. The zero-order chi connectivity index (χ0) is 25.9. The van der Waals surface area contributed by atoms with Gasteiger partial charge in [-0.05, 0) is 41.5 Å². The summed E-state index contributed by atoms with van der Waals surface area (Å²) in [6.07, 6.45) is 11.6. The van der Waals surface area contributed by atoms with Crippen molar-refractivity contribution >= 4 is 28.8 Å². The number of para-hydroxylation sites is 1. The summed E-state index contributed by atoms with van der Waals surface area (Å²) in [6, 6.07) is 17.4. The highest BCUT2D eigenvalue weighted by Crippen LogP contribution is 2.40. The summed E-state index contributed by atoms with van der Waals surface area (Å²) in [4.78, 5) is 23.9. The molecule has 0 bridgehead atoms. The maximum absolute atomic E-state index is 13.1. The third-order valence-electron chi connectivity index (χ3n) is 6.51. The first-order valence-electron chi connectivity index (χ1n) is 12.1. The van der Waals surface area contributed by atoms with E-state index in [1.807, 2.05) is 84.4 Å². The topological polar surface area (TPSA) is 86.8 Å². The van der Waals surface area contributed by atoms with Gasteiger partial charge in [0.1, 0.15) is 30.9 Å². The van der Waals surface area contributed by atoms with Gasteiger partial charge in [-0.2, -0.15) is 0 Å². The molecular formula is C31H26NO5+. The molecule has 1 heterocycles. The lowest BCUT2D eigenvalue weighted by Crippen LogP contribution is -2.23. The number of nitrogens with zero attached hydrogens (tertiary/aromatic N) is 1. The molecule has 1 aliphatic heterocycles. The van der Waals surface area contributed by atoms with Crippen molar-refractivity contribution in [2.45, 2.75) is 12.8 Å². The summed E-state index contributed by atoms with van der Waals surface area (Å²) in [5.74, 6) is 0.302. The van der Waals surface area contributed by atoms with Gasteiger partial charge in [-0.25, -0.2) is 4.58 Å². The van der Waals surface area contributed by atoms with Crippen LogP contribution in [0.15, 0.2) is 114 Å². The van der Waals surface area contributed by atoms with Crippen LogP contribution in [0, 0.1) is 0 Å². The number of Topliss-reactive ketones (excluding diaryl/α,β-unsaturated/α-hetero) is 1. The molecule has 0 saturated carbocycles. The second-order valence-electron chi connectivity index (χ2n) is 9.00. The fraction of sp³-hybridized carbons (Fsp3) is 0.129. The number of ketones is 1. The Kier molecular flexibility index (Phi) is 6.56. The van der Waals surface area contributed by atoms with Crippen molar-refractivity contribution in [3.63, 3.8) is 0 Å². The minimum atomic E-state index is -0.812. The van der Waals surface area contributed by atoms with Gasteiger partial charge in [-0.15, -0.1) is 0 Å². The van der Waals surface area contributed by atoms with Gasteiger partial charge >= 0.3 is 5.97 Å². The summed E-state index contributed by atoms with van der Waals surface area (Å²) in [7, 11) is 1.89. The number of aliphatic hydroxyl groups is 1. The van der Waals surface area contributed by atoms with E-state index in [9.17, 15) is 14.7 Å². The fourth-order valence-electron chi connectivity index (χ4n) is 4.48. The Morgan fingerprint density at radius 2 is 1.70 bits per heavy atom. The summed E-state index contributed by atoms with van der Waals surface area (Å²) in [5.41, 5.74) is 4.65. The molecule has 5 rings (SSSR count). The third-order valence-corrected chi connectivity index (χ3v) is 6.51. The van der Waals surface area contributed by atoms with Gasteiger partial charge in [0.25, 0.3) is 0 Å². The summed E-state index contributed by atoms with van der Waals surface area (Å²) in [6.45, 7) is 0.605. The molecule has 0 saturated heterocycles. The van der Waals surface area contributed by atoms with Crippen LogP contribution in [0.4, 0.5) is 0 Å². The van der Waals surface area contributed by atoms with Crippen LogP contribution in [0.2, 0.25) is 0 Å². The van der Waals surface area contributed by atoms with Crippen LogP contribution in [0.1, 0.15) is 24.0 Å². The van der Waals surface area contributed by atoms with Crippen molar-refractivity contribution in [2.24, 2.45) is 0 Å². The first kappa shape index (κ1) is 24.0. The highest BCUT2D eigenvalue weighted by Gasteiger charge is 2.35. The number of ether oxygens (including phenoxy) is 1. The number of fused-ring (bicyclic) bond motifs is 1. The number of carboxylic acids is 1. The van der Waals surface area contributed by atoms with E-state index in [-0.39, 0.29) is 23.5 Å². The first-order valence-corrected chi connectivity index (χ1v) is 12.1. The number of aliphatic hydroxyl groups excluding tert-OH is 1. The fourth-order valence-corrected chi connectivity index (χ4v) is 4.48. The van der Waals surface area contributed by atoms with Gasteiger partial charge in [0.15, 0.2) is 5.71 Å². The highest BCUT2D eigenvalue weighted by atomic mass is 16.5. The normalized spacial score (nSPS) is 17.4. The third kappa shape index (κ3) is 4.86. The predicted molar refractivity (Wildman–Crippen MR) is 142 cm³/mol. The molecule has 0 atom stereocenters. The molecule has 0 amide bonds. The molecule has 2 aromatic carbocycles. The molecule has 6 heteroatoms. The van der Waals surface area contributed by atoms with Crippen molar-refractivity contribution in [3.05, 3.63) is 125 Å². The Labute approximate surface area is 214 Å². The summed E-state index contributed by atoms with van der Waals surface area (Å²) < 4.78 is 8.07. The Morgan fingerprint density at radius 1 is 1.00 bits per heavy atom. The zero-order valence-corrected chi connectivity index (χ0v) is 20.3. The molecule has 2 aliphatic carbocycles. The van der Waals surface area contributed by atoms with Crippen molar-refractivity contribution in [3.8, 4) is 5.75 Å². The number of rotatable bonds is 6. The van der Waals surface area contributed by atoms with Crippen LogP contribution in [0.5, 0.6) is 5.75 Å². The van der Waals surface area contributed by atoms with Gasteiger partial charge in [0.05, 0.1) is 17.6 Å². The summed E-state index contributed by atoms with van der Waals surface area (Å²) in [5, 5.41) is 19.7. The average Bonchev–Trinajstić information content (AvgIpc) is 2.92. The molecule has 184 valence electrons. The van der Waals surface area contributed by atoms with Crippen LogP contribution >= 0.6 is 0 Å². The molecule has 0 radical (unpaired) electrons. The monoisotopic (exact) mass is 492 g/mol. The Morgan fingerprint density at radius 3 is 2.41 bits per heavy atom. The van der Waals surface area contributed by atoms with Gasteiger partial charge < -0.3 is 14.9 Å². The highest BCUT2D eigenvalue weighted by molar-refractivity contribution is 6.23. The lowest BCUT2D eigenvalue weighted by molar-refractivity contribution is -0.496. The lowest BCUT2D eigenvalue weighted by Gasteiger charge is -2.24. The van der Waals surface area contributed by atoms with E-state index < -0.39 is 5.97 Å². The van der Waals surface area contributed by atoms with Crippen LogP contribution in [0.3, 0.4) is 0 Å². The van der Waals surface area contributed by atoms with Gasteiger partial charge in [-0.1, -0.05) is 48.5 Å². The molecule has 37 heavy (non-hydrogen) atoms. The minimum absolute atomic E-state index is 0.0290. The SMILES string of the molecule is C[N+](CCCC(=O)O)=C1C=CC(=C2C(=O)C(/C=C3/C=C(c4ccccc4)Oc4ccccc43)=C2O)C=C1. The van der Waals surface area contributed by atoms with E-state index in [0.29, 0.717) is 35.6 Å². The average molecular weight is 493 g/mol. The Hall–Kier alpha value is -4.71. The molecule has 2 aromatic rings. The van der Waals surface area contributed by atoms with Crippen molar-refractivity contribution in [1.29, 1.82) is 0 Å². The maximum atomic E-state index is 13.1. The Balaban J connectivity index is 1.44. The second-order valence-corrected chi connectivity index (χ2v) is 9.00.